The minimum absolute atomic E-state index is 0.231. The highest BCUT2D eigenvalue weighted by Gasteiger charge is 2.24. The predicted molar refractivity (Wildman–Crippen MR) is 61.9 cm³/mol. The van der Waals surface area contributed by atoms with Gasteiger partial charge < -0.3 is 19.7 Å². The van der Waals surface area contributed by atoms with E-state index >= 15 is 0 Å². The van der Waals surface area contributed by atoms with E-state index in [-0.39, 0.29) is 6.79 Å². The second kappa shape index (κ2) is 3.41. The number of hydrogen-bond donors (Lipinski definition) is 1. The van der Waals surface area contributed by atoms with Crippen molar-refractivity contribution in [3.05, 3.63) is 23.3 Å². The maximum absolute atomic E-state index is 5.57. The number of hydrogen-bond acceptors (Lipinski definition) is 5. The fraction of sp³-hybridized carbons (Fsp3) is 0.250. The highest BCUT2D eigenvalue weighted by molar-refractivity contribution is 5.76. The van der Waals surface area contributed by atoms with E-state index < -0.39 is 0 Å². The van der Waals surface area contributed by atoms with Crippen LogP contribution in [0.3, 0.4) is 0 Å². The quantitative estimate of drug-likeness (QED) is 0.816. The summed E-state index contributed by atoms with van der Waals surface area (Å²) in [6, 6.07) is 3.64. The summed E-state index contributed by atoms with van der Waals surface area (Å²) >= 11 is 0. The van der Waals surface area contributed by atoms with Crippen LogP contribution in [0.25, 0.3) is 11.3 Å². The largest absolute Gasteiger partial charge is 0.454 e. The van der Waals surface area contributed by atoms with Crippen LogP contribution in [-0.2, 0) is 0 Å². The number of ether oxygens (including phenoxy) is 2. The molecule has 0 unspecified atom stereocenters. The van der Waals surface area contributed by atoms with Crippen molar-refractivity contribution in [2.45, 2.75) is 13.8 Å². The number of rotatable bonds is 1. The van der Waals surface area contributed by atoms with Gasteiger partial charge in [0.1, 0.15) is 0 Å². The van der Waals surface area contributed by atoms with E-state index in [1.807, 2.05) is 19.9 Å². The molecule has 3 rings (SSSR count). The molecule has 2 N–H and O–H groups in total. The molecule has 0 saturated carbocycles. The average Bonchev–Trinajstić information content (AvgIpc) is 2.89. The summed E-state index contributed by atoms with van der Waals surface area (Å²) in [4.78, 5) is 0. The molecule has 17 heavy (non-hydrogen) atoms. The van der Waals surface area contributed by atoms with Crippen LogP contribution in [0.5, 0.6) is 11.5 Å². The first kappa shape index (κ1) is 10.0. The smallest absolute Gasteiger partial charge is 0.231 e. The zero-order valence-electron chi connectivity index (χ0n) is 9.61. The highest BCUT2D eigenvalue weighted by Crippen LogP contribution is 2.45. The number of anilines is 1. The molecular weight excluding hydrogens is 220 g/mol. The second-order valence-electron chi connectivity index (χ2n) is 4.04. The van der Waals surface area contributed by atoms with Gasteiger partial charge in [0.05, 0.1) is 5.56 Å². The summed E-state index contributed by atoms with van der Waals surface area (Å²) < 4.78 is 16.1. The van der Waals surface area contributed by atoms with Crippen molar-refractivity contribution in [2.24, 2.45) is 0 Å². The molecule has 1 aromatic carbocycles. The minimum Gasteiger partial charge on any atom is -0.454 e. The molecule has 0 aliphatic carbocycles. The zero-order valence-corrected chi connectivity index (χ0v) is 9.61. The van der Waals surface area contributed by atoms with Crippen molar-refractivity contribution >= 4 is 5.82 Å². The molecule has 1 aliphatic rings. The van der Waals surface area contributed by atoms with Gasteiger partial charge in [0.2, 0.25) is 6.79 Å². The molecule has 0 atom stereocenters. The van der Waals surface area contributed by atoms with Gasteiger partial charge in [-0.25, -0.2) is 0 Å². The summed E-state index contributed by atoms with van der Waals surface area (Å²) in [7, 11) is 0. The van der Waals surface area contributed by atoms with Crippen molar-refractivity contribution < 1.29 is 14.0 Å². The Morgan fingerprint density at radius 2 is 2.06 bits per heavy atom. The van der Waals surface area contributed by atoms with Crippen molar-refractivity contribution in [1.29, 1.82) is 0 Å². The fourth-order valence-corrected chi connectivity index (χ4v) is 1.97. The summed E-state index contributed by atoms with van der Waals surface area (Å²) in [5.74, 6) is 2.39. The number of nitrogens with zero attached hydrogens (tertiary/aromatic N) is 1. The van der Waals surface area contributed by atoms with Gasteiger partial charge in [-0.2, -0.15) is 0 Å². The monoisotopic (exact) mass is 232 g/mol. The Morgan fingerprint density at radius 1 is 1.24 bits per heavy atom. The zero-order chi connectivity index (χ0) is 12.0. The van der Waals surface area contributed by atoms with Gasteiger partial charge in [0.25, 0.3) is 0 Å². The van der Waals surface area contributed by atoms with E-state index in [2.05, 4.69) is 5.16 Å². The van der Waals surface area contributed by atoms with Crippen molar-refractivity contribution in [3.8, 4) is 22.8 Å². The van der Waals surface area contributed by atoms with E-state index in [9.17, 15) is 0 Å². The number of nitrogen functional groups attached to an aromatic ring is 1. The maximum atomic E-state index is 5.57. The normalized spacial score (nSPS) is 13.1. The topological polar surface area (TPSA) is 70.5 Å². The lowest BCUT2D eigenvalue weighted by molar-refractivity contribution is 0.174. The summed E-state index contributed by atoms with van der Waals surface area (Å²) in [5, 5.41) is 3.70. The predicted octanol–water partition coefficient (Wildman–Crippen LogP) is 2.27. The van der Waals surface area contributed by atoms with Gasteiger partial charge >= 0.3 is 0 Å². The number of nitrogens with two attached hydrogens (primary N) is 1. The van der Waals surface area contributed by atoms with Gasteiger partial charge in [0.15, 0.2) is 23.1 Å². The molecule has 0 fully saturated rings. The molecule has 5 nitrogen and oxygen atoms in total. The Hall–Kier alpha value is -2.17. The van der Waals surface area contributed by atoms with Crippen LogP contribution in [0.2, 0.25) is 0 Å². The van der Waals surface area contributed by atoms with E-state index in [0.29, 0.717) is 17.3 Å². The molecule has 88 valence electrons. The Kier molecular flexibility index (Phi) is 2.01. The van der Waals surface area contributed by atoms with Gasteiger partial charge in [-0.15, -0.1) is 0 Å². The molecule has 1 aromatic heterocycles. The first-order chi connectivity index (χ1) is 8.16. The van der Waals surface area contributed by atoms with E-state index in [4.69, 9.17) is 19.7 Å². The first-order valence-electron chi connectivity index (χ1n) is 5.29. The number of fused-ring (bicyclic) bond motifs is 1. The van der Waals surface area contributed by atoms with Crippen LogP contribution in [0.4, 0.5) is 5.82 Å². The van der Waals surface area contributed by atoms with Gasteiger partial charge in [-0.1, -0.05) is 5.16 Å². The van der Waals surface area contributed by atoms with Crippen LogP contribution >= 0.6 is 0 Å². The van der Waals surface area contributed by atoms with E-state index in [1.54, 1.807) is 6.07 Å². The van der Waals surface area contributed by atoms with Gasteiger partial charge in [-0.05, 0) is 31.0 Å². The van der Waals surface area contributed by atoms with Crippen LogP contribution in [0.15, 0.2) is 16.7 Å². The lowest BCUT2D eigenvalue weighted by Crippen LogP contribution is -1.94. The molecule has 0 bridgehead atoms. The molecule has 0 amide bonds. The van der Waals surface area contributed by atoms with Crippen molar-refractivity contribution in [3.63, 3.8) is 0 Å². The molecule has 2 heterocycles. The number of aryl methyl sites for hydroxylation is 1. The van der Waals surface area contributed by atoms with Crippen LogP contribution in [0, 0.1) is 13.8 Å². The third-order valence-electron chi connectivity index (χ3n) is 2.96. The van der Waals surface area contributed by atoms with Crippen LogP contribution in [-0.4, -0.2) is 11.9 Å². The van der Waals surface area contributed by atoms with Crippen LogP contribution in [0.1, 0.15) is 11.1 Å². The lowest BCUT2D eigenvalue weighted by Gasteiger charge is -2.09. The SMILES string of the molecule is Cc1cc2c(c(-c3cc(N)no3)c1C)OCO2. The first-order valence-corrected chi connectivity index (χ1v) is 5.29. The number of aromatic nitrogens is 1. The molecule has 2 aromatic rings. The fourth-order valence-electron chi connectivity index (χ4n) is 1.97. The molecule has 5 heteroatoms. The van der Waals surface area contributed by atoms with Gasteiger partial charge in [0, 0.05) is 6.07 Å². The van der Waals surface area contributed by atoms with Crippen molar-refractivity contribution in [1.82, 2.24) is 5.16 Å². The molecular formula is C12H12N2O3. The molecule has 0 saturated heterocycles. The molecule has 0 radical (unpaired) electrons. The average molecular weight is 232 g/mol. The van der Waals surface area contributed by atoms with E-state index in [1.165, 1.54) is 0 Å². The maximum Gasteiger partial charge on any atom is 0.231 e. The number of benzene rings is 1. The van der Waals surface area contributed by atoms with Crippen LogP contribution < -0.4 is 15.2 Å². The Bertz CT molecular complexity index is 590. The van der Waals surface area contributed by atoms with Crippen molar-refractivity contribution in [2.75, 3.05) is 12.5 Å². The molecule has 0 spiro atoms. The Balaban J connectivity index is 2.28. The standard InChI is InChI=1S/C12H12N2O3/c1-6-3-9-12(16-5-15-9)11(7(6)2)8-4-10(13)14-17-8/h3-4H,5H2,1-2H3,(H2,13,14). The lowest BCUT2D eigenvalue weighted by atomic mass is 9.99. The Labute approximate surface area is 98.1 Å². The summed E-state index contributed by atoms with van der Waals surface area (Å²) in [6.07, 6.45) is 0. The third kappa shape index (κ3) is 1.43. The third-order valence-corrected chi connectivity index (χ3v) is 2.96. The van der Waals surface area contributed by atoms with E-state index in [0.717, 1.165) is 22.4 Å². The molecule has 1 aliphatic heterocycles. The highest BCUT2D eigenvalue weighted by atomic mass is 16.7. The minimum atomic E-state index is 0.231. The van der Waals surface area contributed by atoms with Gasteiger partial charge in [-0.3, -0.25) is 0 Å². The summed E-state index contributed by atoms with van der Waals surface area (Å²) in [6.45, 7) is 4.25. The summed E-state index contributed by atoms with van der Waals surface area (Å²) in [5.41, 5.74) is 8.62. The second-order valence-corrected chi connectivity index (χ2v) is 4.04. The Morgan fingerprint density at radius 3 is 2.76 bits per heavy atom.